The molecular weight excluding hydrogens is 346 g/mol. The number of halogens is 1. The van der Waals surface area contributed by atoms with Crippen molar-refractivity contribution in [1.82, 2.24) is 4.90 Å². The van der Waals surface area contributed by atoms with Crippen molar-refractivity contribution < 1.29 is 9.53 Å². The first-order chi connectivity index (χ1) is 10.5. The van der Waals surface area contributed by atoms with Crippen molar-refractivity contribution in [3.8, 4) is 6.07 Å². The van der Waals surface area contributed by atoms with Crippen molar-refractivity contribution in [2.24, 2.45) is 0 Å². The molecule has 2 rings (SSSR count). The molecule has 0 saturated carbocycles. The fraction of sp³-hybridized carbons (Fsp3) is 0.375. The van der Waals surface area contributed by atoms with E-state index in [0.717, 1.165) is 10.2 Å². The minimum Gasteiger partial charge on any atom is -0.372 e. The number of carbonyl (C=O) groups excluding carboxylic acids is 1. The lowest BCUT2D eigenvalue weighted by atomic mass is 10.2. The van der Waals surface area contributed by atoms with Crippen molar-refractivity contribution in [2.75, 3.05) is 18.4 Å². The zero-order valence-corrected chi connectivity index (χ0v) is 14.1. The average Bonchev–Trinajstić information content (AvgIpc) is 2.48. The first kappa shape index (κ1) is 16.5. The Hall–Kier alpha value is -1.84. The fourth-order valence-corrected chi connectivity index (χ4v) is 2.62. The first-order valence-corrected chi connectivity index (χ1v) is 7.86. The number of rotatable bonds is 3. The van der Waals surface area contributed by atoms with E-state index in [1.165, 1.54) is 6.20 Å². The van der Waals surface area contributed by atoms with Gasteiger partial charge in [0.25, 0.3) is 5.91 Å². The molecule has 1 N–H and O–H groups in total. The number of nitriles is 1. The molecule has 1 heterocycles. The number of hydrogen-bond acceptors (Lipinski definition) is 4. The van der Waals surface area contributed by atoms with E-state index < -0.39 is 0 Å². The van der Waals surface area contributed by atoms with Crippen LogP contribution in [0.15, 0.2) is 40.5 Å². The molecule has 0 aliphatic carbocycles. The zero-order chi connectivity index (χ0) is 16.1. The van der Waals surface area contributed by atoms with Crippen molar-refractivity contribution in [2.45, 2.75) is 26.1 Å². The third-order valence-electron chi connectivity index (χ3n) is 3.29. The van der Waals surface area contributed by atoms with E-state index in [4.69, 9.17) is 4.74 Å². The molecule has 1 saturated heterocycles. The van der Waals surface area contributed by atoms with Gasteiger partial charge in [-0.05, 0) is 38.1 Å². The average molecular weight is 364 g/mol. The van der Waals surface area contributed by atoms with Crippen LogP contribution in [-0.4, -0.2) is 36.1 Å². The normalized spacial score (nSPS) is 22.1. The molecule has 2 atom stereocenters. The summed E-state index contributed by atoms with van der Waals surface area (Å²) >= 11 is 3.36. The highest BCUT2D eigenvalue weighted by atomic mass is 79.9. The molecule has 1 fully saturated rings. The predicted molar refractivity (Wildman–Crippen MR) is 88.0 cm³/mol. The minimum absolute atomic E-state index is 0.0212. The molecule has 1 aromatic carbocycles. The molecule has 1 aliphatic rings. The van der Waals surface area contributed by atoms with Crippen LogP contribution in [0.4, 0.5) is 5.69 Å². The number of amides is 1. The van der Waals surface area contributed by atoms with Crippen LogP contribution in [-0.2, 0) is 9.53 Å². The summed E-state index contributed by atoms with van der Waals surface area (Å²) < 4.78 is 6.57. The summed E-state index contributed by atoms with van der Waals surface area (Å²) in [5.41, 5.74) is 0.900. The number of nitrogens with one attached hydrogen (secondary N) is 1. The molecule has 0 radical (unpaired) electrons. The van der Waals surface area contributed by atoms with E-state index in [9.17, 15) is 10.1 Å². The Kier molecular flexibility index (Phi) is 5.58. The molecule has 6 heteroatoms. The monoisotopic (exact) mass is 363 g/mol. The Morgan fingerprint density at radius 3 is 2.50 bits per heavy atom. The highest BCUT2D eigenvalue weighted by Crippen LogP contribution is 2.16. The number of hydrogen-bond donors (Lipinski definition) is 1. The Bertz CT molecular complexity index is 597. The Balaban J connectivity index is 2.06. The molecule has 1 aromatic rings. The number of carbonyl (C=O) groups is 1. The van der Waals surface area contributed by atoms with E-state index in [-0.39, 0.29) is 23.7 Å². The van der Waals surface area contributed by atoms with Crippen LogP contribution < -0.4 is 5.32 Å². The second kappa shape index (κ2) is 7.43. The summed E-state index contributed by atoms with van der Waals surface area (Å²) in [5, 5.41) is 12.2. The van der Waals surface area contributed by atoms with Crippen LogP contribution >= 0.6 is 15.9 Å². The topological polar surface area (TPSA) is 65.4 Å². The van der Waals surface area contributed by atoms with Gasteiger partial charge in [0.2, 0.25) is 0 Å². The molecule has 0 aromatic heterocycles. The van der Waals surface area contributed by atoms with Gasteiger partial charge in [0, 0.05) is 29.4 Å². The quantitative estimate of drug-likeness (QED) is 0.662. The van der Waals surface area contributed by atoms with Gasteiger partial charge in [0.15, 0.2) is 0 Å². The molecule has 116 valence electrons. The maximum absolute atomic E-state index is 12.4. The fourth-order valence-electron chi connectivity index (χ4n) is 2.36. The maximum Gasteiger partial charge on any atom is 0.266 e. The summed E-state index contributed by atoms with van der Waals surface area (Å²) in [6.45, 7) is 4.85. The number of ether oxygens (including phenoxy) is 1. The molecule has 22 heavy (non-hydrogen) atoms. The predicted octanol–water partition coefficient (Wildman–Crippen LogP) is 2.90. The van der Waals surface area contributed by atoms with Gasteiger partial charge in [-0.25, -0.2) is 0 Å². The van der Waals surface area contributed by atoms with Crippen LogP contribution in [0.2, 0.25) is 0 Å². The van der Waals surface area contributed by atoms with Gasteiger partial charge in [-0.1, -0.05) is 15.9 Å². The smallest absolute Gasteiger partial charge is 0.266 e. The highest BCUT2D eigenvalue weighted by Gasteiger charge is 2.27. The number of nitrogens with zero attached hydrogens (tertiary/aromatic N) is 2. The van der Waals surface area contributed by atoms with Crippen LogP contribution in [0.25, 0.3) is 0 Å². The Labute approximate surface area is 138 Å². The standard InChI is InChI=1S/C16H18BrN3O2/c1-11-9-20(10-12(2)22-11)16(21)13(7-18)8-19-15-5-3-14(17)4-6-15/h3-6,8,11-12,19H,9-10H2,1-2H3/b13-8-. The summed E-state index contributed by atoms with van der Waals surface area (Å²) in [5.74, 6) is -0.269. The second-order valence-corrected chi connectivity index (χ2v) is 6.20. The number of benzene rings is 1. The van der Waals surface area contributed by atoms with Crippen LogP contribution in [0.5, 0.6) is 0 Å². The third kappa shape index (κ3) is 4.33. The number of anilines is 1. The zero-order valence-electron chi connectivity index (χ0n) is 12.5. The van der Waals surface area contributed by atoms with E-state index in [1.54, 1.807) is 4.90 Å². The Morgan fingerprint density at radius 2 is 1.95 bits per heavy atom. The molecule has 1 amide bonds. The first-order valence-electron chi connectivity index (χ1n) is 7.06. The van der Waals surface area contributed by atoms with Gasteiger partial charge < -0.3 is 15.0 Å². The second-order valence-electron chi connectivity index (χ2n) is 5.29. The summed E-state index contributed by atoms with van der Waals surface area (Å²) in [6, 6.07) is 9.46. The maximum atomic E-state index is 12.4. The molecule has 5 nitrogen and oxygen atoms in total. The third-order valence-corrected chi connectivity index (χ3v) is 3.81. The largest absolute Gasteiger partial charge is 0.372 e. The summed E-state index contributed by atoms with van der Waals surface area (Å²) in [4.78, 5) is 14.1. The van der Waals surface area contributed by atoms with Gasteiger partial charge in [0.1, 0.15) is 11.6 Å². The van der Waals surface area contributed by atoms with E-state index in [0.29, 0.717) is 13.1 Å². The number of morpholine rings is 1. The minimum atomic E-state index is -0.269. The van der Waals surface area contributed by atoms with E-state index in [2.05, 4.69) is 21.2 Å². The summed E-state index contributed by atoms with van der Waals surface area (Å²) in [7, 11) is 0. The molecule has 0 bridgehead atoms. The molecule has 0 spiro atoms. The van der Waals surface area contributed by atoms with Crippen molar-refractivity contribution in [1.29, 1.82) is 5.26 Å². The lowest BCUT2D eigenvalue weighted by molar-refractivity contribution is -0.138. The van der Waals surface area contributed by atoms with Gasteiger partial charge >= 0.3 is 0 Å². The molecular formula is C16H18BrN3O2. The van der Waals surface area contributed by atoms with Crippen LogP contribution in [0, 0.1) is 11.3 Å². The molecule has 2 unspecified atom stereocenters. The van der Waals surface area contributed by atoms with Crippen molar-refractivity contribution in [3.05, 3.63) is 40.5 Å². The van der Waals surface area contributed by atoms with Gasteiger partial charge in [-0.3, -0.25) is 4.79 Å². The van der Waals surface area contributed by atoms with Crippen molar-refractivity contribution >= 4 is 27.5 Å². The van der Waals surface area contributed by atoms with Crippen LogP contribution in [0.3, 0.4) is 0 Å². The van der Waals surface area contributed by atoms with Gasteiger partial charge in [-0.2, -0.15) is 5.26 Å². The van der Waals surface area contributed by atoms with Gasteiger partial charge in [-0.15, -0.1) is 0 Å². The van der Waals surface area contributed by atoms with E-state index in [1.807, 2.05) is 44.2 Å². The highest BCUT2D eigenvalue weighted by molar-refractivity contribution is 9.10. The molecule has 1 aliphatic heterocycles. The SMILES string of the molecule is CC1CN(C(=O)/C(C#N)=C\Nc2ccc(Br)cc2)CC(C)O1. The van der Waals surface area contributed by atoms with Crippen molar-refractivity contribution in [3.63, 3.8) is 0 Å². The summed E-state index contributed by atoms with van der Waals surface area (Å²) in [6.07, 6.45) is 1.41. The lowest BCUT2D eigenvalue weighted by Gasteiger charge is -2.35. The Morgan fingerprint density at radius 1 is 1.36 bits per heavy atom. The van der Waals surface area contributed by atoms with Gasteiger partial charge in [0.05, 0.1) is 12.2 Å². The lowest BCUT2D eigenvalue weighted by Crippen LogP contribution is -2.48. The van der Waals surface area contributed by atoms with E-state index >= 15 is 0 Å². The van der Waals surface area contributed by atoms with Crippen LogP contribution in [0.1, 0.15) is 13.8 Å².